The Kier molecular flexibility index (Phi) is 2.90. The molecule has 0 atom stereocenters. The molecule has 1 aliphatic rings. The summed E-state index contributed by atoms with van der Waals surface area (Å²) in [6.45, 7) is 0.371. The average Bonchev–Trinajstić information content (AvgIpc) is 2.46. The first-order valence-corrected chi connectivity index (χ1v) is 5.98. The second-order valence-electron chi connectivity index (χ2n) is 4.36. The number of rotatable bonds is 2. The first-order chi connectivity index (χ1) is 9.66. The van der Waals surface area contributed by atoms with Gasteiger partial charge < -0.3 is 4.90 Å². The number of aromatic nitrogens is 1. The molecule has 0 amide bonds. The van der Waals surface area contributed by atoms with Crippen LogP contribution in [0.1, 0.15) is 11.1 Å². The van der Waals surface area contributed by atoms with Crippen LogP contribution < -0.4 is 4.90 Å². The zero-order valence-electron chi connectivity index (χ0n) is 10.4. The highest BCUT2D eigenvalue weighted by atomic mass is 19.1. The van der Waals surface area contributed by atoms with Crippen LogP contribution in [0.15, 0.2) is 42.7 Å². The number of fused-ring (bicyclic) bond motifs is 1. The monoisotopic (exact) mass is 271 g/mol. The van der Waals surface area contributed by atoms with Crippen molar-refractivity contribution in [2.24, 2.45) is 0 Å². The molecule has 3 rings (SSSR count). The van der Waals surface area contributed by atoms with Crippen LogP contribution in [0.3, 0.4) is 0 Å². The van der Waals surface area contributed by atoms with Gasteiger partial charge in [-0.2, -0.15) is 4.39 Å². The molecule has 20 heavy (non-hydrogen) atoms. The molecular formula is C14H10FN3O2. The normalized spacial score (nSPS) is 13.2. The Morgan fingerprint density at radius 3 is 2.90 bits per heavy atom. The number of benzene rings is 1. The number of hydrogen-bond acceptors (Lipinski definition) is 4. The van der Waals surface area contributed by atoms with E-state index in [9.17, 15) is 14.5 Å². The van der Waals surface area contributed by atoms with Gasteiger partial charge >= 0.3 is 0 Å². The molecule has 100 valence electrons. The third kappa shape index (κ3) is 2.01. The van der Waals surface area contributed by atoms with Gasteiger partial charge in [-0.05, 0) is 23.8 Å². The van der Waals surface area contributed by atoms with E-state index in [1.165, 1.54) is 12.3 Å². The number of nitro groups is 1. The van der Waals surface area contributed by atoms with Gasteiger partial charge in [-0.25, -0.2) is 4.98 Å². The third-order valence-corrected chi connectivity index (χ3v) is 3.18. The number of nitrogens with zero attached hydrogens (tertiary/aromatic N) is 3. The lowest BCUT2D eigenvalue weighted by Crippen LogP contribution is -2.20. The van der Waals surface area contributed by atoms with Crippen LogP contribution in [0.25, 0.3) is 6.08 Å². The minimum atomic E-state index is -0.564. The quantitative estimate of drug-likeness (QED) is 0.478. The lowest BCUT2D eigenvalue weighted by Gasteiger charge is -2.25. The largest absolute Gasteiger partial charge is 0.340 e. The van der Waals surface area contributed by atoms with Crippen molar-refractivity contribution in [3.63, 3.8) is 0 Å². The molecule has 6 heteroatoms. The highest BCUT2D eigenvalue weighted by Gasteiger charge is 2.21. The fourth-order valence-corrected chi connectivity index (χ4v) is 2.25. The van der Waals surface area contributed by atoms with E-state index >= 15 is 0 Å². The summed E-state index contributed by atoms with van der Waals surface area (Å²) < 4.78 is 13.7. The molecule has 0 bridgehead atoms. The van der Waals surface area contributed by atoms with Gasteiger partial charge in [0.15, 0.2) is 0 Å². The van der Waals surface area contributed by atoms with Crippen LogP contribution in [0.4, 0.5) is 15.8 Å². The van der Waals surface area contributed by atoms with Crippen LogP contribution in [-0.2, 0) is 6.54 Å². The first kappa shape index (κ1) is 12.3. The van der Waals surface area contributed by atoms with E-state index in [2.05, 4.69) is 4.98 Å². The van der Waals surface area contributed by atoms with Gasteiger partial charge in [-0.1, -0.05) is 12.1 Å². The minimum Gasteiger partial charge on any atom is -0.340 e. The van der Waals surface area contributed by atoms with Crippen LogP contribution >= 0.6 is 0 Å². The summed E-state index contributed by atoms with van der Waals surface area (Å²) in [5.41, 5.74) is 1.76. The summed E-state index contributed by atoms with van der Waals surface area (Å²) in [4.78, 5) is 15.8. The fourth-order valence-electron chi connectivity index (χ4n) is 2.25. The smallest absolute Gasteiger partial charge is 0.276 e. The second kappa shape index (κ2) is 4.73. The van der Waals surface area contributed by atoms with Crippen LogP contribution in [0.2, 0.25) is 0 Å². The lowest BCUT2D eigenvalue weighted by atomic mass is 10.0. The summed E-state index contributed by atoms with van der Waals surface area (Å²) >= 11 is 0. The number of anilines is 1. The molecule has 0 spiro atoms. The standard InChI is InChI=1S/C14H10FN3O2/c15-14-13(5-2-7-16-14)17-8-6-11-10(9-17)3-1-4-12(11)18(19)20/h1-8H,9H2. The number of nitro benzene ring substituents is 1. The maximum Gasteiger partial charge on any atom is 0.276 e. The van der Waals surface area contributed by atoms with Crippen LogP contribution in [0, 0.1) is 16.1 Å². The van der Waals surface area contributed by atoms with Gasteiger partial charge in [-0.3, -0.25) is 10.1 Å². The summed E-state index contributed by atoms with van der Waals surface area (Å²) in [6.07, 6.45) is 4.64. The van der Waals surface area contributed by atoms with Gasteiger partial charge in [0.05, 0.1) is 16.2 Å². The zero-order chi connectivity index (χ0) is 14.1. The lowest BCUT2D eigenvalue weighted by molar-refractivity contribution is -0.385. The molecule has 5 nitrogen and oxygen atoms in total. The van der Waals surface area contributed by atoms with E-state index in [4.69, 9.17) is 0 Å². The average molecular weight is 271 g/mol. The third-order valence-electron chi connectivity index (χ3n) is 3.18. The second-order valence-corrected chi connectivity index (χ2v) is 4.36. The van der Waals surface area contributed by atoms with Crippen molar-refractivity contribution in [3.05, 3.63) is 69.9 Å². The van der Waals surface area contributed by atoms with Gasteiger partial charge in [0.25, 0.3) is 5.69 Å². The molecule has 0 N–H and O–H groups in total. The van der Waals surface area contributed by atoms with Crippen molar-refractivity contribution in [1.29, 1.82) is 0 Å². The Labute approximate surface area is 114 Å². The maximum absolute atomic E-state index is 13.7. The molecule has 2 heterocycles. The zero-order valence-corrected chi connectivity index (χ0v) is 10.4. The number of halogens is 1. The Hall–Kier alpha value is -2.76. The number of hydrogen-bond donors (Lipinski definition) is 0. The van der Waals surface area contributed by atoms with Gasteiger partial charge in [0.2, 0.25) is 5.95 Å². The van der Waals surface area contributed by atoms with E-state index in [1.54, 1.807) is 41.4 Å². The van der Waals surface area contributed by atoms with Crippen molar-refractivity contribution in [1.82, 2.24) is 4.98 Å². The summed E-state index contributed by atoms with van der Waals surface area (Å²) in [7, 11) is 0. The maximum atomic E-state index is 13.7. The van der Waals surface area contributed by atoms with E-state index in [0.29, 0.717) is 17.8 Å². The molecule has 0 saturated heterocycles. The molecule has 0 fully saturated rings. The van der Waals surface area contributed by atoms with Crippen molar-refractivity contribution >= 4 is 17.5 Å². The van der Waals surface area contributed by atoms with Crippen molar-refractivity contribution in [2.75, 3.05) is 4.90 Å². The Morgan fingerprint density at radius 1 is 1.30 bits per heavy atom. The summed E-state index contributed by atoms with van der Waals surface area (Å²) in [6, 6.07) is 8.16. The highest BCUT2D eigenvalue weighted by molar-refractivity contribution is 5.70. The fraction of sp³-hybridized carbons (Fsp3) is 0.0714. The van der Waals surface area contributed by atoms with Crippen molar-refractivity contribution in [3.8, 4) is 0 Å². The van der Waals surface area contributed by atoms with Gasteiger partial charge in [0.1, 0.15) is 0 Å². The Balaban J connectivity index is 2.01. The van der Waals surface area contributed by atoms with E-state index in [1.807, 2.05) is 0 Å². The first-order valence-electron chi connectivity index (χ1n) is 5.98. The molecule has 2 aromatic rings. The molecule has 1 aromatic heterocycles. The number of pyridine rings is 1. The van der Waals surface area contributed by atoms with Gasteiger partial charge in [-0.15, -0.1) is 0 Å². The highest BCUT2D eigenvalue weighted by Crippen LogP contribution is 2.31. The molecule has 1 aliphatic heterocycles. The summed E-state index contributed by atoms with van der Waals surface area (Å²) in [5.74, 6) is -0.564. The van der Waals surface area contributed by atoms with E-state index < -0.39 is 10.9 Å². The molecule has 0 unspecified atom stereocenters. The predicted octanol–water partition coefficient (Wildman–Crippen LogP) is 3.12. The van der Waals surface area contributed by atoms with Gasteiger partial charge in [0, 0.05) is 25.0 Å². The Morgan fingerprint density at radius 2 is 2.15 bits per heavy atom. The topological polar surface area (TPSA) is 59.3 Å². The van der Waals surface area contributed by atoms with E-state index in [-0.39, 0.29) is 5.69 Å². The SMILES string of the molecule is O=[N+]([O-])c1cccc2c1C=CN(c1cccnc1F)C2. The van der Waals surface area contributed by atoms with Crippen molar-refractivity contribution in [2.45, 2.75) is 6.54 Å². The minimum absolute atomic E-state index is 0.0602. The molecule has 0 radical (unpaired) electrons. The molecular weight excluding hydrogens is 261 g/mol. The van der Waals surface area contributed by atoms with E-state index in [0.717, 1.165) is 5.56 Å². The van der Waals surface area contributed by atoms with Crippen molar-refractivity contribution < 1.29 is 9.31 Å². The molecule has 1 aromatic carbocycles. The van der Waals surface area contributed by atoms with Crippen LogP contribution in [-0.4, -0.2) is 9.91 Å². The van der Waals surface area contributed by atoms with Crippen LogP contribution in [0.5, 0.6) is 0 Å². The molecule has 0 saturated carbocycles. The summed E-state index contributed by atoms with van der Waals surface area (Å²) in [5, 5.41) is 11.0. The predicted molar refractivity (Wildman–Crippen MR) is 72.5 cm³/mol. The Bertz CT molecular complexity index is 715. The molecule has 0 aliphatic carbocycles.